The minimum atomic E-state index is -0.309. The van der Waals surface area contributed by atoms with E-state index in [0.717, 1.165) is 151 Å². The Hall–Kier alpha value is -13.0. The van der Waals surface area contributed by atoms with Gasteiger partial charge in [-0.3, -0.25) is 0 Å². The highest BCUT2D eigenvalue weighted by Crippen LogP contribution is 2.56. The average Bonchev–Trinajstić information content (AvgIpc) is 0.683. The van der Waals surface area contributed by atoms with Gasteiger partial charge in [0.15, 0.2) is 0 Å². The Labute approximate surface area is 611 Å². The van der Waals surface area contributed by atoms with Gasteiger partial charge in [-0.25, -0.2) is 0 Å². The molecule has 104 heavy (non-hydrogen) atoms. The standard InChI is InChI=1S/C96H64B2N4OS/c1-9-34-65(35-10-1)75-50-25-29-56-83(75)101-85-58-31-27-54-79(85)97-81-64-82-96(104-90-63-74(100(71-46-21-7-22-47-71)72-48-23-8-24-49-72)61-88-94(90)98(82)80-55-28-32-59-86(80)102(88)84-57-30-26-51-76(84)66-36-11-2-12-37-66)92(91-77(67-38-13-3-14-39-67)52-33-53-78(91)68-40-15-4-16-41-68)95(81)103-89-62-73(60-87(101)93(89)97)99(69-42-17-5-18-43-69)70-44-19-6-20-45-70/h1-64H. The van der Waals surface area contributed by atoms with Crippen LogP contribution < -0.4 is 57.1 Å². The van der Waals surface area contributed by atoms with E-state index in [1.54, 1.807) is 0 Å². The van der Waals surface area contributed by atoms with Gasteiger partial charge in [-0.2, -0.15) is 0 Å². The van der Waals surface area contributed by atoms with Crippen molar-refractivity contribution < 1.29 is 4.74 Å². The van der Waals surface area contributed by atoms with Crippen molar-refractivity contribution in [1.82, 2.24) is 0 Å². The summed E-state index contributed by atoms with van der Waals surface area (Å²) in [5.41, 5.74) is 31.2. The molecule has 16 aromatic carbocycles. The Bertz CT molecular complexity index is 5520. The van der Waals surface area contributed by atoms with Crippen molar-refractivity contribution >= 4 is 126 Å². The molecule has 0 bridgehead atoms. The Morgan fingerprint density at radius 3 is 1.04 bits per heavy atom. The normalized spacial score (nSPS) is 12.6. The molecule has 4 aliphatic heterocycles. The average molecular weight is 1340 g/mol. The Morgan fingerprint density at radius 2 is 0.596 bits per heavy atom. The SMILES string of the molecule is c1ccc(-c2ccccc2N2c3ccccc3B3c4cc5c(c(-c6c(-c7ccccc7)cccc6-c6ccccc6)c4Oc4cc(N(c6ccccc6)c6ccccc6)cc2c43)Sc2cc(N(c3ccccc3)c3ccccc3)cc3c2B5c2ccccc2N3c2ccccc2-c2ccccc2)cc1. The first-order valence-corrected chi connectivity index (χ1v) is 36.5. The van der Waals surface area contributed by atoms with Crippen LogP contribution in [0.2, 0.25) is 0 Å². The molecular formula is C96H64B2N4OS. The number of rotatable bonds is 13. The van der Waals surface area contributed by atoms with Gasteiger partial charge in [-0.1, -0.05) is 308 Å². The largest absolute Gasteiger partial charge is 0.458 e. The predicted molar refractivity (Wildman–Crippen MR) is 439 cm³/mol. The van der Waals surface area contributed by atoms with Gasteiger partial charge in [0.1, 0.15) is 11.5 Å². The van der Waals surface area contributed by atoms with Crippen molar-refractivity contribution in [2.75, 3.05) is 19.6 Å². The molecular weight excluding hydrogens is 1280 g/mol. The number of fused-ring (bicyclic) bond motifs is 8. The van der Waals surface area contributed by atoms with Gasteiger partial charge in [0.2, 0.25) is 6.71 Å². The second kappa shape index (κ2) is 25.6. The van der Waals surface area contributed by atoms with E-state index in [0.29, 0.717) is 0 Å². The molecule has 16 aromatic rings. The van der Waals surface area contributed by atoms with Gasteiger partial charge in [0.25, 0.3) is 6.71 Å². The monoisotopic (exact) mass is 1340 g/mol. The van der Waals surface area contributed by atoms with Crippen LogP contribution in [0.15, 0.2) is 398 Å². The van der Waals surface area contributed by atoms with Crippen LogP contribution >= 0.6 is 11.8 Å². The van der Waals surface area contributed by atoms with E-state index in [-0.39, 0.29) is 13.4 Å². The van der Waals surface area contributed by atoms with Gasteiger partial charge in [0.05, 0.1) is 17.1 Å². The third-order valence-corrected chi connectivity index (χ3v) is 22.3. The van der Waals surface area contributed by atoms with E-state index in [1.165, 1.54) is 26.7 Å². The fraction of sp³-hybridized carbons (Fsp3) is 0. The quantitative estimate of drug-likeness (QED) is 0.107. The number of anilines is 12. The lowest BCUT2D eigenvalue weighted by molar-refractivity contribution is 0.488. The summed E-state index contributed by atoms with van der Waals surface area (Å²) < 4.78 is 8.42. The molecule has 0 unspecified atom stereocenters. The predicted octanol–water partition coefficient (Wildman–Crippen LogP) is 22.1. The minimum Gasteiger partial charge on any atom is -0.458 e. The highest BCUT2D eigenvalue weighted by atomic mass is 32.2. The van der Waals surface area contributed by atoms with Gasteiger partial charge in [0, 0.05) is 89.3 Å². The van der Waals surface area contributed by atoms with E-state index in [9.17, 15) is 0 Å². The lowest BCUT2D eigenvalue weighted by atomic mass is 9.31. The van der Waals surface area contributed by atoms with Crippen LogP contribution in [-0.2, 0) is 0 Å². The van der Waals surface area contributed by atoms with Crippen molar-refractivity contribution in [2.24, 2.45) is 0 Å². The summed E-state index contributed by atoms with van der Waals surface area (Å²) >= 11 is 1.89. The van der Waals surface area contributed by atoms with Gasteiger partial charge in [-0.05, 0) is 152 Å². The lowest BCUT2D eigenvalue weighted by Crippen LogP contribution is -2.63. The van der Waals surface area contributed by atoms with Crippen LogP contribution in [0.1, 0.15) is 0 Å². The van der Waals surface area contributed by atoms with Crippen molar-refractivity contribution in [3.05, 3.63) is 388 Å². The molecule has 0 radical (unpaired) electrons. The summed E-state index contributed by atoms with van der Waals surface area (Å²) in [6.45, 7) is -0.561. The second-order valence-electron chi connectivity index (χ2n) is 26.9. The molecule has 0 aromatic heterocycles. The number of hydrogen-bond donors (Lipinski definition) is 0. The van der Waals surface area contributed by atoms with E-state index in [2.05, 4.69) is 408 Å². The summed E-state index contributed by atoms with van der Waals surface area (Å²) in [7, 11) is 0. The number of nitrogens with zero attached hydrogens (tertiary/aromatic N) is 4. The first-order chi connectivity index (χ1) is 51.7. The number of benzene rings is 16. The molecule has 5 nitrogen and oxygen atoms in total. The maximum absolute atomic E-state index is 8.42. The van der Waals surface area contributed by atoms with Crippen LogP contribution in [0, 0.1) is 0 Å². The van der Waals surface area contributed by atoms with Crippen molar-refractivity contribution in [3.8, 4) is 67.1 Å². The summed E-state index contributed by atoms with van der Waals surface area (Å²) in [6.07, 6.45) is 0. The zero-order valence-electron chi connectivity index (χ0n) is 56.7. The topological polar surface area (TPSA) is 22.2 Å². The van der Waals surface area contributed by atoms with E-state index in [1.807, 2.05) is 11.8 Å². The Balaban J connectivity index is 0.927. The van der Waals surface area contributed by atoms with E-state index in [4.69, 9.17) is 4.74 Å². The zero-order valence-corrected chi connectivity index (χ0v) is 57.5. The van der Waals surface area contributed by atoms with E-state index < -0.39 is 0 Å². The minimum absolute atomic E-state index is 0.252. The molecule has 0 amide bonds. The second-order valence-corrected chi connectivity index (χ2v) is 28.0. The molecule has 4 heterocycles. The first-order valence-electron chi connectivity index (χ1n) is 35.7. The molecule has 8 heteroatoms. The molecule has 4 aliphatic rings. The van der Waals surface area contributed by atoms with Crippen LogP contribution in [-0.4, -0.2) is 13.4 Å². The highest BCUT2D eigenvalue weighted by molar-refractivity contribution is 8.00. The Kier molecular flexibility index (Phi) is 15.0. The molecule has 0 atom stereocenters. The number of para-hydroxylation sites is 8. The van der Waals surface area contributed by atoms with Crippen molar-refractivity contribution in [2.45, 2.75) is 9.79 Å². The molecule has 0 saturated heterocycles. The molecule has 0 fully saturated rings. The summed E-state index contributed by atoms with van der Waals surface area (Å²) in [6, 6.07) is 143. The van der Waals surface area contributed by atoms with Crippen LogP contribution in [0.4, 0.5) is 68.2 Å². The van der Waals surface area contributed by atoms with Gasteiger partial charge < -0.3 is 24.3 Å². The van der Waals surface area contributed by atoms with Crippen molar-refractivity contribution in [3.63, 3.8) is 0 Å². The fourth-order valence-corrected chi connectivity index (χ4v) is 18.1. The van der Waals surface area contributed by atoms with Crippen molar-refractivity contribution in [1.29, 1.82) is 0 Å². The van der Waals surface area contributed by atoms with Gasteiger partial charge in [-0.15, -0.1) is 0 Å². The molecule has 0 spiro atoms. The zero-order chi connectivity index (χ0) is 68.6. The van der Waals surface area contributed by atoms with E-state index >= 15 is 0 Å². The summed E-state index contributed by atoms with van der Waals surface area (Å²) in [4.78, 5) is 12.2. The van der Waals surface area contributed by atoms with Gasteiger partial charge >= 0.3 is 0 Å². The van der Waals surface area contributed by atoms with Crippen LogP contribution in [0.3, 0.4) is 0 Å². The Morgan fingerprint density at radius 1 is 0.250 bits per heavy atom. The number of ether oxygens (including phenoxy) is 1. The number of hydrogen-bond acceptors (Lipinski definition) is 6. The maximum Gasteiger partial charge on any atom is 0.256 e. The third kappa shape index (κ3) is 10.1. The van der Waals surface area contributed by atoms with Crippen LogP contribution in [0.25, 0.3) is 55.6 Å². The lowest BCUT2D eigenvalue weighted by Gasteiger charge is -2.44. The molecule has 486 valence electrons. The summed E-state index contributed by atoms with van der Waals surface area (Å²) in [5, 5.41) is 0. The smallest absolute Gasteiger partial charge is 0.256 e. The fourth-order valence-electron chi connectivity index (χ4n) is 16.8. The third-order valence-electron chi connectivity index (χ3n) is 21.1. The van der Waals surface area contributed by atoms with Crippen LogP contribution in [0.5, 0.6) is 11.5 Å². The molecule has 0 N–H and O–H groups in total. The maximum atomic E-state index is 8.42. The molecule has 20 rings (SSSR count). The summed E-state index contributed by atoms with van der Waals surface area (Å²) in [5.74, 6) is 1.64. The molecule has 0 saturated carbocycles. The molecule has 0 aliphatic carbocycles. The first kappa shape index (κ1) is 60.9. The highest BCUT2D eigenvalue weighted by Gasteiger charge is 2.49.